The third kappa shape index (κ3) is 3.20. The van der Waals surface area contributed by atoms with Gasteiger partial charge >= 0.3 is 6.18 Å². The topological polar surface area (TPSA) is 53.7 Å². The van der Waals surface area contributed by atoms with Crippen molar-refractivity contribution in [2.75, 3.05) is 13.1 Å². The molecule has 3 aromatic rings. The third-order valence-corrected chi connectivity index (χ3v) is 6.41. The molecule has 0 amide bonds. The van der Waals surface area contributed by atoms with Crippen LogP contribution in [0.1, 0.15) is 41.8 Å². The number of imidazole rings is 1. The molecule has 8 heteroatoms. The van der Waals surface area contributed by atoms with Gasteiger partial charge in [-0.25, -0.2) is 9.97 Å². The van der Waals surface area contributed by atoms with Crippen LogP contribution in [-0.4, -0.2) is 37.5 Å². The number of fused-ring (bicyclic) bond motifs is 2. The Hall–Kier alpha value is -2.45. The van der Waals surface area contributed by atoms with E-state index in [4.69, 9.17) is 0 Å². The normalized spacial score (nSPS) is 26.1. The quantitative estimate of drug-likeness (QED) is 0.723. The summed E-state index contributed by atoms with van der Waals surface area (Å²) in [5.74, 6) is 1.02. The van der Waals surface area contributed by atoms with Crippen LogP contribution in [0.2, 0.25) is 0 Å². The van der Waals surface area contributed by atoms with Gasteiger partial charge in [0.15, 0.2) is 6.23 Å². The largest absolute Gasteiger partial charge is 0.416 e. The Labute approximate surface area is 165 Å². The summed E-state index contributed by atoms with van der Waals surface area (Å²) in [5.41, 5.74) is 0.557. The first-order chi connectivity index (χ1) is 13.9. The smallest absolute Gasteiger partial charge is 0.372 e. The zero-order valence-electron chi connectivity index (χ0n) is 15.6. The highest BCUT2D eigenvalue weighted by atomic mass is 19.4. The Balaban J connectivity index is 1.32. The van der Waals surface area contributed by atoms with Gasteiger partial charge in [-0.05, 0) is 48.3 Å². The van der Waals surface area contributed by atoms with E-state index in [-0.39, 0.29) is 17.8 Å². The minimum Gasteiger partial charge on any atom is -0.372 e. The van der Waals surface area contributed by atoms with Gasteiger partial charge < -0.3 is 5.11 Å². The van der Waals surface area contributed by atoms with Crippen molar-refractivity contribution in [2.45, 2.75) is 31.2 Å². The minimum atomic E-state index is -4.33. The molecule has 5 nitrogen and oxygen atoms in total. The summed E-state index contributed by atoms with van der Waals surface area (Å²) < 4.78 is 41.9. The number of aliphatic hydroxyl groups excluding tert-OH is 1. The lowest BCUT2D eigenvalue weighted by molar-refractivity contribution is -0.138. The predicted octanol–water partition coefficient (Wildman–Crippen LogP) is 3.86. The standard InChI is InChI=1S/C21H21F3N4O/c22-21(23,24)17-5-2-1-4-16(17)13-8-14-11-27(12-15(14)9-13)19(29)18-10-26-20-25-6-3-7-28(18)20/h1-7,10,13-15,19,29H,8-9,11-12H2/t13?,14-,15?,19?/m1/s1. The Morgan fingerprint density at radius 3 is 2.48 bits per heavy atom. The van der Waals surface area contributed by atoms with Crippen LogP contribution >= 0.6 is 0 Å². The second kappa shape index (κ2) is 6.81. The molecule has 29 heavy (non-hydrogen) atoms. The second-order valence-corrected chi connectivity index (χ2v) is 8.07. The minimum absolute atomic E-state index is 0.0814. The number of likely N-dealkylation sites (tertiary alicyclic amines) is 1. The second-order valence-electron chi connectivity index (χ2n) is 8.07. The Morgan fingerprint density at radius 1 is 1.03 bits per heavy atom. The maximum atomic E-state index is 13.4. The van der Waals surface area contributed by atoms with E-state index in [0.717, 1.165) is 12.8 Å². The highest BCUT2D eigenvalue weighted by Crippen LogP contribution is 2.49. The van der Waals surface area contributed by atoms with Crippen LogP contribution in [0, 0.1) is 11.8 Å². The summed E-state index contributed by atoms with van der Waals surface area (Å²) in [6.45, 7) is 1.34. The lowest BCUT2D eigenvalue weighted by Crippen LogP contribution is -2.28. The van der Waals surface area contributed by atoms with Crippen LogP contribution in [0.4, 0.5) is 13.2 Å². The zero-order valence-corrected chi connectivity index (χ0v) is 15.6. The molecule has 0 radical (unpaired) electrons. The van der Waals surface area contributed by atoms with Crippen LogP contribution in [0.25, 0.3) is 5.78 Å². The van der Waals surface area contributed by atoms with Crippen molar-refractivity contribution >= 4 is 5.78 Å². The van der Waals surface area contributed by atoms with E-state index in [9.17, 15) is 18.3 Å². The molecule has 0 spiro atoms. The molecule has 2 aromatic heterocycles. The number of aliphatic hydroxyl groups is 1. The van der Waals surface area contributed by atoms with E-state index >= 15 is 0 Å². The summed E-state index contributed by atoms with van der Waals surface area (Å²) in [5, 5.41) is 10.9. The Bertz CT molecular complexity index is 1020. The van der Waals surface area contributed by atoms with E-state index in [1.165, 1.54) is 12.1 Å². The van der Waals surface area contributed by atoms with Crippen molar-refractivity contribution in [1.29, 1.82) is 0 Å². The Morgan fingerprint density at radius 2 is 1.76 bits per heavy atom. The molecule has 1 N–H and O–H groups in total. The summed E-state index contributed by atoms with van der Waals surface area (Å²) >= 11 is 0. The Kier molecular flexibility index (Phi) is 4.36. The van der Waals surface area contributed by atoms with Crippen LogP contribution in [0.3, 0.4) is 0 Å². The fourth-order valence-corrected chi connectivity index (χ4v) is 5.13. The summed E-state index contributed by atoms with van der Waals surface area (Å²) in [7, 11) is 0. The predicted molar refractivity (Wildman–Crippen MR) is 99.9 cm³/mol. The molecule has 3 heterocycles. The number of alkyl halides is 3. The highest BCUT2D eigenvalue weighted by molar-refractivity contribution is 5.34. The van der Waals surface area contributed by atoms with Crippen LogP contribution in [-0.2, 0) is 6.18 Å². The van der Waals surface area contributed by atoms with Crippen molar-refractivity contribution in [3.05, 3.63) is 65.7 Å². The van der Waals surface area contributed by atoms with E-state index in [0.29, 0.717) is 30.1 Å². The molecule has 1 saturated heterocycles. The van der Waals surface area contributed by atoms with Crippen molar-refractivity contribution in [1.82, 2.24) is 19.3 Å². The fourth-order valence-electron chi connectivity index (χ4n) is 5.13. The van der Waals surface area contributed by atoms with Gasteiger partial charge in [0.05, 0.1) is 17.5 Å². The zero-order chi connectivity index (χ0) is 20.2. The van der Waals surface area contributed by atoms with Gasteiger partial charge in [0.1, 0.15) is 0 Å². The lowest BCUT2D eigenvalue weighted by atomic mass is 9.91. The molecule has 1 aromatic carbocycles. The number of benzene rings is 1. The fraction of sp³-hybridized carbons (Fsp3) is 0.429. The molecule has 152 valence electrons. The van der Waals surface area contributed by atoms with Crippen LogP contribution < -0.4 is 0 Å². The first kappa shape index (κ1) is 18.6. The first-order valence-corrected chi connectivity index (χ1v) is 9.78. The van der Waals surface area contributed by atoms with Gasteiger partial charge in [0.2, 0.25) is 5.78 Å². The molecule has 3 unspecified atom stereocenters. The van der Waals surface area contributed by atoms with Crippen molar-refractivity contribution < 1.29 is 18.3 Å². The van der Waals surface area contributed by atoms with Gasteiger partial charge in [0.25, 0.3) is 0 Å². The number of aromatic nitrogens is 3. The van der Waals surface area contributed by atoms with E-state index in [1.54, 1.807) is 35.0 Å². The number of hydrogen-bond donors (Lipinski definition) is 1. The average Bonchev–Trinajstić information content (AvgIpc) is 3.39. The molecule has 2 aliphatic rings. The van der Waals surface area contributed by atoms with Crippen molar-refractivity contribution in [3.63, 3.8) is 0 Å². The monoisotopic (exact) mass is 402 g/mol. The molecule has 1 aliphatic heterocycles. The van der Waals surface area contributed by atoms with E-state index in [1.807, 2.05) is 11.1 Å². The van der Waals surface area contributed by atoms with Gasteiger partial charge in [-0.1, -0.05) is 18.2 Å². The van der Waals surface area contributed by atoms with E-state index in [2.05, 4.69) is 9.97 Å². The molecule has 1 aliphatic carbocycles. The van der Waals surface area contributed by atoms with Gasteiger partial charge in [-0.2, -0.15) is 13.2 Å². The number of halogens is 3. The molecule has 5 rings (SSSR count). The van der Waals surface area contributed by atoms with Gasteiger partial charge in [-0.15, -0.1) is 0 Å². The van der Waals surface area contributed by atoms with Crippen molar-refractivity contribution in [3.8, 4) is 0 Å². The SMILES string of the molecule is OC(c1cnc2ncccn12)N1CC2CC(c3ccccc3C(F)(F)F)C[C@@H]2C1. The number of hydrogen-bond acceptors (Lipinski definition) is 4. The summed E-state index contributed by atoms with van der Waals surface area (Å²) in [4.78, 5) is 10.4. The van der Waals surface area contributed by atoms with Crippen LogP contribution in [0.5, 0.6) is 0 Å². The maximum Gasteiger partial charge on any atom is 0.416 e. The molecule has 4 atom stereocenters. The van der Waals surface area contributed by atoms with Gasteiger partial charge in [0, 0.05) is 25.5 Å². The van der Waals surface area contributed by atoms with Gasteiger partial charge in [-0.3, -0.25) is 9.30 Å². The number of rotatable bonds is 3. The molecular weight excluding hydrogens is 381 g/mol. The summed E-state index contributed by atoms with van der Waals surface area (Å²) in [6.07, 6.45) is 1.40. The molecule has 1 saturated carbocycles. The number of nitrogens with zero attached hydrogens (tertiary/aromatic N) is 4. The van der Waals surface area contributed by atoms with Crippen molar-refractivity contribution in [2.24, 2.45) is 11.8 Å². The highest BCUT2D eigenvalue weighted by Gasteiger charge is 2.45. The third-order valence-electron chi connectivity index (χ3n) is 6.41. The molecule has 2 fully saturated rings. The van der Waals surface area contributed by atoms with E-state index < -0.39 is 18.0 Å². The lowest BCUT2D eigenvalue weighted by Gasteiger charge is -2.25. The first-order valence-electron chi connectivity index (χ1n) is 9.78. The molecule has 0 bridgehead atoms. The van der Waals surface area contributed by atoms with Crippen LogP contribution in [0.15, 0.2) is 48.9 Å². The maximum absolute atomic E-state index is 13.4. The molecular formula is C21H21F3N4O. The summed E-state index contributed by atoms with van der Waals surface area (Å²) in [6, 6.07) is 7.72. The average molecular weight is 402 g/mol.